The highest BCUT2D eigenvalue weighted by Crippen LogP contribution is 2.34. The molecule has 16 atom stereocenters. The number of aliphatic hydroxyl groups excluding tert-OH is 10. The molecule has 0 saturated carbocycles. The third kappa shape index (κ3) is 10.3. The smallest absolute Gasteiger partial charge is 0.367 e. The molecule has 0 spiro atoms. The van der Waals surface area contributed by atoms with Gasteiger partial charge in [0.15, 0.2) is 13.0 Å². The highest BCUT2D eigenvalue weighted by molar-refractivity contribution is 5.76. The van der Waals surface area contributed by atoms with Crippen LogP contribution in [0.25, 0.3) is 0 Å². The minimum Gasteiger partial charge on any atom is -0.477 e. The topological polar surface area (TPSA) is 367 Å². The largest absolute Gasteiger partial charge is 0.477 e. The summed E-state index contributed by atoms with van der Waals surface area (Å²) in [6, 6.07) is 2.64. The zero-order valence-electron chi connectivity index (χ0n) is 28.6. The summed E-state index contributed by atoms with van der Waals surface area (Å²) in [5.74, 6) is -6.93. The fourth-order valence-electron chi connectivity index (χ4n) is 5.64. The van der Waals surface area contributed by atoms with Crippen molar-refractivity contribution < 1.29 is 103 Å². The quantitative estimate of drug-likeness (QED) is 0.0353. The van der Waals surface area contributed by atoms with Gasteiger partial charge in [0.25, 0.3) is 11.5 Å². The van der Waals surface area contributed by atoms with Gasteiger partial charge >= 0.3 is 5.97 Å². The van der Waals surface area contributed by atoms with Crippen LogP contribution < -0.4 is 10.1 Å². The van der Waals surface area contributed by atoms with Crippen LogP contribution >= 0.6 is 0 Å². The van der Waals surface area contributed by atoms with E-state index in [2.05, 4.69) is 5.32 Å². The van der Waals surface area contributed by atoms with Crippen molar-refractivity contribution in [1.29, 1.82) is 0 Å². The van der Waals surface area contributed by atoms with Crippen LogP contribution in [0.2, 0.25) is 0 Å². The summed E-state index contributed by atoms with van der Waals surface area (Å²) < 4.78 is 47.5. The van der Waals surface area contributed by atoms with Gasteiger partial charge in [-0.05, 0) is 19.1 Å². The summed E-state index contributed by atoms with van der Waals surface area (Å²) in [5, 5.41) is 128. The number of aliphatic hydroxyl groups is 10. The summed E-state index contributed by atoms with van der Waals surface area (Å²) >= 11 is 0. The zero-order valence-corrected chi connectivity index (χ0v) is 28.6. The van der Waals surface area contributed by atoms with Crippen LogP contribution in [0.4, 0.5) is 10.1 Å². The fourth-order valence-corrected chi connectivity index (χ4v) is 5.64. The van der Waals surface area contributed by atoms with Crippen molar-refractivity contribution in [2.24, 2.45) is 0 Å². The van der Waals surface area contributed by atoms with Gasteiger partial charge in [-0.15, -0.1) is 0 Å². The Hall–Kier alpha value is -3.31. The van der Waals surface area contributed by atoms with Crippen LogP contribution in [0.15, 0.2) is 24.3 Å². The predicted molar refractivity (Wildman–Crippen MR) is 169 cm³/mol. The highest BCUT2D eigenvalue weighted by atomic mass is 19.1. The second-order valence-electron chi connectivity index (χ2n) is 12.4. The molecule has 3 rings (SSSR count). The van der Waals surface area contributed by atoms with E-state index in [9.17, 15) is 80.3 Å². The molecule has 308 valence electrons. The number of carboxylic acid groups (broad SMARTS) is 1. The monoisotopic (exact) mass is 788 g/mol. The van der Waals surface area contributed by atoms with Gasteiger partial charge in [-0.25, -0.2) is 9.18 Å². The van der Waals surface area contributed by atoms with E-state index in [0.717, 1.165) is 38.1 Å². The van der Waals surface area contributed by atoms with Crippen LogP contribution in [0.1, 0.15) is 13.8 Å². The summed E-state index contributed by atoms with van der Waals surface area (Å²) in [6.45, 7) is -3.43. The molecule has 0 aromatic heterocycles. The van der Waals surface area contributed by atoms with Crippen molar-refractivity contribution in [3.63, 3.8) is 0 Å². The molecule has 23 nitrogen and oxygen atoms in total. The molecule has 0 radical (unpaired) electrons. The van der Waals surface area contributed by atoms with Gasteiger partial charge in [-0.3, -0.25) is 14.9 Å². The molecule has 54 heavy (non-hydrogen) atoms. The number of nitro groups is 1. The van der Waals surface area contributed by atoms with Crippen molar-refractivity contribution >= 4 is 17.6 Å². The number of aliphatic carboxylic acids is 1. The standard InChI is InChI=1S/C30H45FN2O21/c1-11(37)18(32-12(2)38)25(19(40)15(39)7-34)53-30(10-31,29(45)46)54-26-20(41)16(8-35)50-28(23(26)44)52-24-17(9-36)51-27(22(43)21(24)42)49-14-5-3-13(4-6-14)33(47)48/h3-6,11,15-28,34-37,39-44H,7-10H2,1-2H3,(H,32,38)(H,45,46)/t11-,15-,16?,17?,18-,19-,20+,21-,22?,23+,24-,25?,26?,27-,28+,30+/m1/s1. The lowest BCUT2D eigenvalue weighted by Crippen LogP contribution is -2.68. The number of non-ortho nitro benzene ring substituents is 1. The van der Waals surface area contributed by atoms with E-state index in [1.54, 1.807) is 0 Å². The number of carbonyl (C=O) groups is 2. The number of halogens is 1. The summed E-state index contributed by atoms with van der Waals surface area (Å²) in [7, 11) is 0. The number of carboxylic acids is 1. The average Bonchev–Trinajstić information content (AvgIpc) is 3.13. The lowest BCUT2D eigenvalue weighted by atomic mass is 9.96. The summed E-state index contributed by atoms with van der Waals surface area (Å²) in [6.07, 6.45) is -28.6. The van der Waals surface area contributed by atoms with Gasteiger partial charge in [0.1, 0.15) is 72.9 Å². The van der Waals surface area contributed by atoms with Crippen molar-refractivity contribution in [2.45, 2.75) is 112 Å². The van der Waals surface area contributed by atoms with Crippen LogP contribution in [0.5, 0.6) is 5.75 Å². The molecule has 2 heterocycles. The van der Waals surface area contributed by atoms with Crippen LogP contribution in [-0.4, -0.2) is 197 Å². The molecular weight excluding hydrogens is 743 g/mol. The molecule has 1 amide bonds. The molecule has 5 unspecified atom stereocenters. The van der Waals surface area contributed by atoms with Gasteiger partial charge < -0.3 is 89.9 Å². The Bertz CT molecular complexity index is 1380. The maximum atomic E-state index is 14.9. The van der Waals surface area contributed by atoms with Crippen LogP contribution in [-0.2, 0) is 33.3 Å². The van der Waals surface area contributed by atoms with E-state index in [0.29, 0.717) is 0 Å². The first-order chi connectivity index (χ1) is 25.4. The Morgan fingerprint density at radius 3 is 2.02 bits per heavy atom. The zero-order chi connectivity index (χ0) is 40.7. The third-order valence-corrected chi connectivity index (χ3v) is 8.55. The molecule has 24 heteroatoms. The molecular formula is C30H45FN2O21. The van der Waals surface area contributed by atoms with E-state index in [-0.39, 0.29) is 11.4 Å². The summed E-state index contributed by atoms with van der Waals surface area (Å²) in [4.78, 5) is 34.8. The van der Waals surface area contributed by atoms with E-state index < -0.39 is 141 Å². The number of alkyl halides is 1. The molecule has 2 fully saturated rings. The number of ether oxygens (including phenoxy) is 6. The van der Waals surface area contributed by atoms with Crippen molar-refractivity contribution in [3.8, 4) is 5.75 Å². The number of carbonyl (C=O) groups excluding carboxylic acids is 1. The number of hydrogen-bond donors (Lipinski definition) is 12. The van der Waals surface area contributed by atoms with Gasteiger partial charge in [0.05, 0.1) is 36.9 Å². The van der Waals surface area contributed by atoms with Gasteiger partial charge in [-0.1, -0.05) is 0 Å². The Labute approximate surface area is 304 Å². The molecule has 2 aliphatic heterocycles. The molecule has 1 aromatic carbocycles. The molecule has 0 aliphatic carbocycles. The molecule has 0 bridgehead atoms. The Balaban J connectivity index is 1.92. The van der Waals surface area contributed by atoms with E-state index >= 15 is 0 Å². The lowest BCUT2D eigenvalue weighted by Gasteiger charge is -2.48. The number of amides is 1. The van der Waals surface area contributed by atoms with E-state index in [1.807, 2.05) is 0 Å². The number of hydrogen-bond acceptors (Lipinski definition) is 20. The van der Waals surface area contributed by atoms with Crippen molar-refractivity contribution in [2.75, 3.05) is 26.5 Å². The predicted octanol–water partition coefficient (Wildman–Crippen LogP) is -5.64. The summed E-state index contributed by atoms with van der Waals surface area (Å²) in [5.41, 5.74) is -0.292. The minimum absolute atomic E-state index is 0.0619. The van der Waals surface area contributed by atoms with E-state index in [4.69, 9.17) is 28.4 Å². The maximum absolute atomic E-state index is 14.9. The molecule has 2 saturated heterocycles. The molecule has 12 N–H and O–H groups in total. The average molecular weight is 789 g/mol. The number of rotatable bonds is 19. The first-order valence-electron chi connectivity index (χ1n) is 16.2. The van der Waals surface area contributed by atoms with Crippen molar-refractivity contribution in [3.05, 3.63) is 34.4 Å². The normalized spacial score (nSPS) is 32.7. The van der Waals surface area contributed by atoms with Crippen LogP contribution in [0, 0.1) is 10.1 Å². The Kier molecular flexibility index (Phi) is 16.3. The first-order valence-corrected chi connectivity index (χ1v) is 16.2. The second kappa shape index (κ2) is 19.5. The van der Waals surface area contributed by atoms with E-state index in [1.165, 1.54) is 0 Å². The van der Waals surface area contributed by atoms with Gasteiger partial charge in [0, 0.05) is 19.1 Å². The molecule has 1 aromatic rings. The Morgan fingerprint density at radius 2 is 1.54 bits per heavy atom. The SMILES string of the molecule is CC(=O)N[C@@H](C(O[C@@](CF)(OC1[C@@H](O)C(CO)O[C@@H](O[C@@H]2C(CO)O[C@@H](Oc3ccc([N+](=O)[O-])cc3)C(O)[C@H]2O)[C@H]1O)C(=O)O)[C@H](O)[C@H](O)CO)[C@@H](C)O. The molecule has 2 aliphatic rings. The minimum atomic E-state index is -3.67. The number of nitrogens with zero attached hydrogens (tertiary/aromatic N) is 1. The number of benzene rings is 1. The van der Waals surface area contributed by atoms with Crippen LogP contribution in [0.3, 0.4) is 0 Å². The Morgan fingerprint density at radius 1 is 0.944 bits per heavy atom. The maximum Gasteiger partial charge on any atom is 0.367 e. The number of nitro benzene ring substituents is 1. The van der Waals surface area contributed by atoms with Crippen molar-refractivity contribution in [1.82, 2.24) is 5.32 Å². The third-order valence-electron chi connectivity index (χ3n) is 8.55. The lowest BCUT2D eigenvalue weighted by molar-refractivity contribution is -0.384. The van der Waals surface area contributed by atoms with Gasteiger partial charge in [-0.2, -0.15) is 0 Å². The first kappa shape index (κ1) is 45.1. The van der Waals surface area contributed by atoms with Gasteiger partial charge in [0.2, 0.25) is 12.2 Å². The second-order valence-corrected chi connectivity index (χ2v) is 12.4. The number of nitrogens with one attached hydrogen (secondary N) is 1. The highest BCUT2D eigenvalue weighted by Gasteiger charge is 2.57. The fraction of sp³-hybridized carbons (Fsp3) is 0.733.